The van der Waals surface area contributed by atoms with Gasteiger partial charge in [-0.25, -0.2) is 13.1 Å². The van der Waals surface area contributed by atoms with E-state index in [9.17, 15) is 18.0 Å². The summed E-state index contributed by atoms with van der Waals surface area (Å²) in [4.78, 5) is 27.5. The summed E-state index contributed by atoms with van der Waals surface area (Å²) in [5, 5.41) is 3.04. The summed E-state index contributed by atoms with van der Waals surface area (Å²) in [7, 11) is -3.84. The molecule has 1 aromatic carbocycles. The lowest BCUT2D eigenvalue weighted by Crippen LogP contribution is -2.52. The molecule has 2 amide bonds. The number of carbonyl (C=O) groups is 2. The van der Waals surface area contributed by atoms with Gasteiger partial charge in [-0.15, -0.1) is 0 Å². The first-order valence-corrected chi connectivity index (χ1v) is 12.1. The molecule has 1 heterocycles. The Kier molecular flexibility index (Phi) is 7.86. The van der Waals surface area contributed by atoms with Gasteiger partial charge >= 0.3 is 0 Å². The fourth-order valence-electron chi connectivity index (χ4n) is 3.80. The number of sulfonamides is 1. The van der Waals surface area contributed by atoms with Crippen LogP contribution in [0.5, 0.6) is 0 Å². The van der Waals surface area contributed by atoms with Crippen LogP contribution in [0.2, 0.25) is 0 Å². The van der Waals surface area contributed by atoms with Crippen LogP contribution in [-0.2, 0) is 26.2 Å². The second-order valence-corrected chi connectivity index (χ2v) is 9.42. The Hall–Kier alpha value is -2.65. The molecular formula is C22H29N3O5S. The van der Waals surface area contributed by atoms with Crippen molar-refractivity contribution < 1.29 is 22.4 Å². The van der Waals surface area contributed by atoms with E-state index < -0.39 is 28.5 Å². The third-order valence-electron chi connectivity index (χ3n) is 5.46. The number of nitrogens with one attached hydrogen (secondary N) is 2. The van der Waals surface area contributed by atoms with E-state index in [2.05, 4.69) is 10.0 Å². The van der Waals surface area contributed by atoms with Crippen molar-refractivity contribution in [1.82, 2.24) is 14.9 Å². The van der Waals surface area contributed by atoms with Crippen LogP contribution in [-0.4, -0.2) is 43.8 Å². The molecule has 0 radical (unpaired) electrons. The maximum atomic E-state index is 13.1. The first kappa shape index (κ1) is 23.0. The molecule has 1 saturated carbocycles. The predicted molar refractivity (Wildman–Crippen MR) is 115 cm³/mol. The molecular weight excluding hydrogens is 418 g/mol. The van der Waals surface area contributed by atoms with Crippen LogP contribution < -0.4 is 10.0 Å². The average Bonchev–Trinajstić information content (AvgIpc) is 3.47. The van der Waals surface area contributed by atoms with Gasteiger partial charge in [0.2, 0.25) is 21.8 Å². The van der Waals surface area contributed by atoms with Gasteiger partial charge in [0.05, 0.1) is 24.2 Å². The predicted octanol–water partition coefficient (Wildman–Crippen LogP) is 2.42. The maximum Gasteiger partial charge on any atom is 0.243 e. The summed E-state index contributed by atoms with van der Waals surface area (Å²) in [6.45, 7) is 1.45. The summed E-state index contributed by atoms with van der Waals surface area (Å²) in [6, 6.07) is 10.7. The van der Waals surface area contributed by atoms with Crippen molar-refractivity contribution >= 4 is 21.8 Å². The molecule has 0 spiro atoms. The van der Waals surface area contributed by atoms with Crippen LogP contribution in [0.25, 0.3) is 0 Å². The van der Waals surface area contributed by atoms with E-state index in [1.54, 1.807) is 30.3 Å². The number of benzene rings is 1. The molecule has 0 unspecified atom stereocenters. The van der Waals surface area contributed by atoms with Crippen LogP contribution in [0.3, 0.4) is 0 Å². The van der Waals surface area contributed by atoms with Gasteiger partial charge in [0.15, 0.2) is 0 Å². The molecule has 1 aromatic heterocycles. The van der Waals surface area contributed by atoms with E-state index in [-0.39, 0.29) is 23.4 Å². The summed E-state index contributed by atoms with van der Waals surface area (Å²) in [5.74, 6) is -0.198. The fourth-order valence-corrected chi connectivity index (χ4v) is 4.79. The molecule has 1 aliphatic carbocycles. The molecule has 1 fully saturated rings. The third-order valence-corrected chi connectivity index (χ3v) is 6.88. The highest BCUT2D eigenvalue weighted by Gasteiger charge is 2.31. The highest BCUT2D eigenvalue weighted by atomic mass is 32.2. The minimum atomic E-state index is -3.84. The van der Waals surface area contributed by atoms with Gasteiger partial charge < -0.3 is 14.6 Å². The number of nitrogens with zero attached hydrogens (tertiary/aromatic N) is 1. The van der Waals surface area contributed by atoms with Gasteiger partial charge in [0, 0.05) is 6.04 Å². The van der Waals surface area contributed by atoms with Crippen molar-refractivity contribution in [1.29, 1.82) is 0 Å². The monoisotopic (exact) mass is 447 g/mol. The van der Waals surface area contributed by atoms with Crippen LogP contribution >= 0.6 is 0 Å². The minimum absolute atomic E-state index is 0.0754. The Morgan fingerprint density at radius 2 is 1.84 bits per heavy atom. The normalized spacial score (nSPS) is 15.5. The third kappa shape index (κ3) is 6.18. The number of amides is 2. The number of hydrogen-bond donors (Lipinski definition) is 2. The zero-order valence-electron chi connectivity index (χ0n) is 17.6. The quantitative estimate of drug-likeness (QED) is 0.581. The van der Waals surface area contributed by atoms with E-state index in [1.165, 1.54) is 23.3 Å². The van der Waals surface area contributed by atoms with Gasteiger partial charge in [-0.3, -0.25) is 9.59 Å². The fraction of sp³-hybridized carbons (Fsp3) is 0.455. The lowest BCUT2D eigenvalue weighted by atomic mass is 10.1. The average molecular weight is 448 g/mol. The Balaban J connectivity index is 1.73. The van der Waals surface area contributed by atoms with E-state index in [0.717, 1.165) is 25.7 Å². The molecule has 2 N–H and O–H groups in total. The highest BCUT2D eigenvalue weighted by Crippen LogP contribution is 2.19. The SMILES string of the molecule is CC[C@@H](C(=O)NC1CCCC1)N(Cc1ccco1)C(=O)CNS(=O)(=O)c1ccccc1. The number of hydrogen-bond acceptors (Lipinski definition) is 5. The van der Waals surface area contributed by atoms with Gasteiger partial charge in [0.1, 0.15) is 11.8 Å². The molecule has 8 nitrogen and oxygen atoms in total. The molecule has 9 heteroatoms. The Bertz CT molecular complexity index is 954. The minimum Gasteiger partial charge on any atom is -0.467 e. The van der Waals surface area contributed by atoms with Crippen LogP contribution in [0.15, 0.2) is 58.0 Å². The van der Waals surface area contributed by atoms with Crippen molar-refractivity contribution in [2.24, 2.45) is 0 Å². The largest absolute Gasteiger partial charge is 0.467 e. The second-order valence-electron chi connectivity index (χ2n) is 7.65. The lowest BCUT2D eigenvalue weighted by molar-refractivity contribution is -0.141. The van der Waals surface area contributed by atoms with Crippen LogP contribution in [0.4, 0.5) is 0 Å². The molecule has 3 rings (SSSR count). The topological polar surface area (TPSA) is 109 Å². The Labute approximate surface area is 183 Å². The summed E-state index contributed by atoms with van der Waals surface area (Å²) in [6.07, 6.45) is 5.93. The van der Waals surface area contributed by atoms with Crippen LogP contribution in [0.1, 0.15) is 44.8 Å². The highest BCUT2D eigenvalue weighted by molar-refractivity contribution is 7.89. The summed E-state index contributed by atoms with van der Waals surface area (Å²) in [5.41, 5.74) is 0. The Morgan fingerprint density at radius 3 is 2.45 bits per heavy atom. The molecule has 0 saturated heterocycles. The van der Waals surface area contributed by atoms with Gasteiger partial charge in [-0.05, 0) is 43.5 Å². The maximum absolute atomic E-state index is 13.1. The van der Waals surface area contributed by atoms with Crippen molar-refractivity contribution in [3.63, 3.8) is 0 Å². The van der Waals surface area contributed by atoms with Gasteiger partial charge in [0.25, 0.3) is 0 Å². The second kappa shape index (κ2) is 10.6. The van der Waals surface area contributed by atoms with E-state index in [1.807, 2.05) is 6.92 Å². The zero-order chi connectivity index (χ0) is 22.3. The van der Waals surface area contributed by atoms with Crippen molar-refractivity contribution in [3.05, 3.63) is 54.5 Å². The van der Waals surface area contributed by atoms with Crippen molar-refractivity contribution in [2.75, 3.05) is 6.54 Å². The van der Waals surface area contributed by atoms with Gasteiger partial charge in [-0.1, -0.05) is 38.0 Å². The molecule has 0 aliphatic heterocycles. The standard InChI is InChI=1S/C22H29N3O5S/c1-2-20(22(27)24-17-9-6-7-10-17)25(16-18-11-8-14-30-18)21(26)15-23-31(28,29)19-12-4-3-5-13-19/h3-5,8,11-14,17,20,23H,2,6-7,9-10,15-16H2,1H3,(H,24,27)/t20-/m0/s1. The first-order chi connectivity index (χ1) is 14.9. The molecule has 1 aliphatic rings. The molecule has 31 heavy (non-hydrogen) atoms. The van der Waals surface area contributed by atoms with Crippen molar-refractivity contribution in [3.8, 4) is 0 Å². The zero-order valence-corrected chi connectivity index (χ0v) is 18.4. The van der Waals surface area contributed by atoms with Crippen LogP contribution in [0, 0.1) is 0 Å². The van der Waals surface area contributed by atoms with E-state index >= 15 is 0 Å². The summed E-state index contributed by atoms with van der Waals surface area (Å²) < 4.78 is 32.7. The lowest BCUT2D eigenvalue weighted by Gasteiger charge is -2.30. The summed E-state index contributed by atoms with van der Waals surface area (Å²) >= 11 is 0. The van der Waals surface area contributed by atoms with E-state index in [4.69, 9.17) is 4.42 Å². The number of rotatable bonds is 10. The number of furan rings is 1. The van der Waals surface area contributed by atoms with E-state index in [0.29, 0.717) is 12.2 Å². The number of carbonyl (C=O) groups excluding carboxylic acids is 2. The smallest absolute Gasteiger partial charge is 0.243 e. The van der Waals surface area contributed by atoms with Gasteiger partial charge in [-0.2, -0.15) is 0 Å². The molecule has 1 atom stereocenters. The molecule has 168 valence electrons. The molecule has 0 bridgehead atoms. The molecule has 2 aromatic rings. The van der Waals surface area contributed by atoms with Crippen molar-refractivity contribution in [2.45, 2.75) is 62.6 Å². The Morgan fingerprint density at radius 1 is 1.13 bits per heavy atom. The first-order valence-electron chi connectivity index (χ1n) is 10.6.